The summed E-state index contributed by atoms with van der Waals surface area (Å²) in [5.41, 5.74) is 8.75. The van der Waals surface area contributed by atoms with Crippen LogP contribution in [0.4, 0.5) is 0 Å². The van der Waals surface area contributed by atoms with Gasteiger partial charge in [0.1, 0.15) is 5.75 Å². The fourth-order valence-electron chi connectivity index (χ4n) is 2.31. The standard InChI is InChI=1S/C17H18ClNO/c1-4-13(16(19)5-2)15-8-6-11-10-12(18)7-9-14(11)17(15)20-3/h4,6-10H,1,5,19H2,2-3H3/b16-13-. The summed E-state index contributed by atoms with van der Waals surface area (Å²) >= 11 is 6.03. The molecule has 0 radical (unpaired) electrons. The minimum absolute atomic E-state index is 0.708. The summed E-state index contributed by atoms with van der Waals surface area (Å²) in [6, 6.07) is 9.76. The number of ether oxygens (including phenoxy) is 1. The molecule has 0 aliphatic heterocycles. The molecule has 0 aliphatic carbocycles. The van der Waals surface area contributed by atoms with Crippen LogP contribution in [0.1, 0.15) is 18.9 Å². The lowest BCUT2D eigenvalue weighted by Gasteiger charge is -2.14. The van der Waals surface area contributed by atoms with Gasteiger partial charge in [0.05, 0.1) is 7.11 Å². The van der Waals surface area contributed by atoms with E-state index in [1.54, 1.807) is 13.2 Å². The van der Waals surface area contributed by atoms with Crippen molar-refractivity contribution in [2.24, 2.45) is 5.73 Å². The summed E-state index contributed by atoms with van der Waals surface area (Å²) < 4.78 is 5.60. The molecule has 2 aromatic rings. The fraction of sp³-hybridized carbons (Fsp3) is 0.176. The topological polar surface area (TPSA) is 35.2 Å². The van der Waals surface area contributed by atoms with E-state index in [0.29, 0.717) is 5.02 Å². The molecular weight excluding hydrogens is 270 g/mol. The Kier molecular flexibility index (Phi) is 4.35. The van der Waals surface area contributed by atoms with Crippen molar-refractivity contribution in [3.05, 3.63) is 59.3 Å². The molecule has 0 amide bonds. The molecule has 0 aliphatic rings. The van der Waals surface area contributed by atoms with Crippen LogP contribution in [0.25, 0.3) is 16.3 Å². The smallest absolute Gasteiger partial charge is 0.134 e. The first-order valence-electron chi connectivity index (χ1n) is 6.50. The van der Waals surface area contributed by atoms with Crippen LogP contribution in [0.2, 0.25) is 5.02 Å². The van der Waals surface area contributed by atoms with Crippen LogP contribution >= 0.6 is 11.6 Å². The second kappa shape index (κ2) is 6.02. The zero-order valence-corrected chi connectivity index (χ0v) is 12.5. The van der Waals surface area contributed by atoms with Gasteiger partial charge in [0.15, 0.2) is 0 Å². The average molecular weight is 288 g/mol. The molecule has 0 atom stereocenters. The quantitative estimate of drug-likeness (QED) is 0.822. The normalized spacial score (nSPS) is 12.2. The van der Waals surface area contributed by atoms with Crippen LogP contribution < -0.4 is 10.5 Å². The van der Waals surface area contributed by atoms with Crippen LogP contribution in [0.3, 0.4) is 0 Å². The third-order valence-corrected chi connectivity index (χ3v) is 3.59. The molecule has 0 heterocycles. The summed E-state index contributed by atoms with van der Waals surface area (Å²) in [7, 11) is 1.66. The molecule has 2 nitrogen and oxygen atoms in total. The predicted molar refractivity (Wildman–Crippen MR) is 87.1 cm³/mol. The van der Waals surface area contributed by atoms with E-state index in [-0.39, 0.29) is 0 Å². The highest BCUT2D eigenvalue weighted by atomic mass is 35.5. The third kappa shape index (κ3) is 2.52. The molecule has 0 saturated carbocycles. The number of allylic oxidation sites excluding steroid dienone is 3. The first-order chi connectivity index (χ1) is 9.62. The van der Waals surface area contributed by atoms with E-state index in [4.69, 9.17) is 22.1 Å². The minimum Gasteiger partial charge on any atom is -0.495 e. The number of methoxy groups -OCH3 is 1. The molecule has 0 unspecified atom stereocenters. The maximum Gasteiger partial charge on any atom is 0.134 e. The second-order valence-electron chi connectivity index (χ2n) is 4.51. The van der Waals surface area contributed by atoms with Gasteiger partial charge >= 0.3 is 0 Å². The summed E-state index contributed by atoms with van der Waals surface area (Å²) in [6.45, 7) is 5.88. The van der Waals surface area contributed by atoms with Crippen LogP contribution in [0, 0.1) is 0 Å². The van der Waals surface area contributed by atoms with Gasteiger partial charge in [-0.15, -0.1) is 0 Å². The van der Waals surface area contributed by atoms with Gasteiger partial charge < -0.3 is 10.5 Å². The Morgan fingerprint density at radius 3 is 2.70 bits per heavy atom. The molecule has 0 bridgehead atoms. The van der Waals surface area contributed by atoms with Crippen LogP contribution in [-0.2, 0) is 0 Å². The van der Waals surface area contributed by atoms with Crippen molar-refractivity contribution in [2.75, 3.05) is 7.11 Å². The molecule has 0 spiro atoms. The minimum atomic E-state index is 0.708. The highest BCUT2D eigenvalue weighted by Crippen LogP contribution is 2.36. The average Bonchev–Trinajstić information content (AvgIpc) is 2.47. The Morgan fingerprint density at radius 1 is 1.35 bits per heavy atom. The van der Waals surface area contributed by atoms with Crippen molar-refractivity contribution >= 4 is 27.9 Å². The Labute approximate surface area is 124 Å². The van der Waals surface area contributed by atoms with Crippen LogP contribution in [-0.4, -0.2) is 7.11 Å². The number of hydrogen-bond acceptors (Lipinski definition) is 2. The van der Waals surface area contributed by atoms with Gasteiger partial charge in [-0.1, -0.05) is 37.2 Å². The Bertz CT molecular complexity index is 689. The molecule has 2 N–H and O–H groups in total. The SMILES string of the molecule is C=C/C(=C(/N)CC)c1ccc2cc(Cl)ccc2c1OC. The van der Waals surface area contributed by atoms with Crippen molar-refractivity contribution in [3.63, 3.8) is 0 Å². The van der Waals surface area contributed by atoms with E-state index in [2.05, 4.69) is 6.58 Å². The molecule has 2 aromatic carbocycles. The first-order valence-corrected chi connectivity index (χ1v) is 6.87. The molecule has 0 aromatic heterocycles. The van der Waals surface area contributed by atoms with Crippen molar-refractivity contribution in [1.29, 1.82) is 0 Å². The number of nitrogens with two attached hydrogens (primary N) is 1. The maximum absolute atomic E-state index is 6.08. The summed E-state index contributed by atoms with van der Waals surface area (Å²) in [5, 5.41) is 2.76. The highest BCUT2D eigenvalue weighted by Gasteiger charge is 2.12. The van der Waals surface area contributed by atoms with Gasteiger partial charge in [-0.3, -0.25) is 0 Å². The predicted octanol–water partition coefficient (Wildman–Crippen LogP) is 4.77. The summed E-state index contributed by atoms with van der Waals surface area (Å²) in [5.74, 6) is 0.797. The molecule has 0 saturated heterocycles. The monoisotopic (exact) mass is 287 g/mol. The number of fused-ring (bicyclic) bond motifs is 1. The van der Waals surface area contributed by atoms with Gasteiger partial charge in [-0.2, -0.15) is 0 Å². The van der Waals surface area contributed by atoms with Gasteiger partial charge in [0.25, 0.3) is 0 Å². The summed E-state index contributed by atoms with van der Waals surface area (Å²) in [4.78, 5) is 0. The second-order valence-corrected chi connectivity index (χ2v) is 4.94. The van der Waals surface area contributed by atoms with Crippen LogP contribution in [0.15, 0.2) is 48.7 Å². The van der Waals surface area contributed by atoms with Crippen LogP contribution in [0.5, 0.6) is 5.75 Å². The van der Waals surface area contributed by atoms with Crippen molar-refractivity contribution in [2.45, 2.75) is 13.3 Å². The molecule has 0 fully saturated rings. The maximum atomic E-state index is 6.08. The third-order valence-electron chi connectivity index (χ3n) is 3.36. The summed E-state index contributed by atoms with van der Waals surface area (Å²) in [6.07, 6.45) is 2.54. The van der Waals surface area contributed by atoms with E-state index in [0.717, 1.165) is 39.8 Å². The fourth-order valence-corrected chi connectivity index (χ4v) is 2.49. The Morgan fingerprint density at radius 2 is 2.10 bits per heavy atom. The van der Waals surface area contributed by atoms with Gasteiger partial charge in [0.2, 0.25) is 0 Å². The largest absolute Gasteiger partial charge is 0.495 e. The van der Waals surface area contributed by atoms with Crippen molar-refractivity contribution in [3.8, 4) is 5.75 Å². The van der Waals surface area contributed by atoms with E-state index in [1.165, 1.54) is 0 Å². The van der Waals surface area contributed by atoms with Gasteiger partial charge in [0, 0.05) is 27.2 Å². The first kappa shape index (κ1) is 14.5. The Balaban J connectivity index is 2.78. The lowest BCUT2D eigenvalue weighted by molar-refractivity contribution is 0.418. The highest BCUT2D eigenvalue weighted by molar-refractivity contribution is 6.31. The zero-order valence-electron chi connectivity index (χ0n) is 11.7. The van der Waals surface area contributed by atoms with E-state index < -0.39 is 0 Å². The van der Waals surface area contributed by atoms with Crippen molar-refractivity contribution in [1.82, 2.24) is 0 Å². The zero-order chi connectivity index (χ0) is 14.7. The molecule has 20 heavy (non-hydrogen) atoms. The van der Waals surface area contributed by atoms with Gasteiger partial charge in [-0.05, 0) is 36.1 Å². The molecule has 3 heteroatoms. The van der Waals surface area contributed by atoms with E-state index >= 15 is 0 Å². The van der Waals surface area contributed by atoms with Crippen molar-refractivity contribution < 1.29 is 4.74 Å². The van der Waals surface area contributed by atoms with Gasteiger partial charge in [-0.25, -0.2) is 0 Å². The molecule has 2 rings (SSSR count). The lowest BCUT2D eigenvalue weighted by Crippen LogP contribution is -2.01. The number of hydrogen-bond donors (Lipinski definition) is 1. The lowest BCUT2D eigenvalue weighted by atomic mass is 9.97. The van der Waals surface area contributed by atoms with E-state index in [1.807, 2.05) is 37.3 Å². The molecular formula is C17H18ClNO. The Hall–Kier alpha value is -1.93. The molecule has 104 valence electrons. The number of rotatable bonds is 4. The number of halogens is 1. The van der Waals surface area contributed by atoms with E-state index in [9.17, 15) is 0 Å². The number of benzene rings is 2.